The van der Waals surface area contributed by atoms with Gasteiger partial charge in [0.2, 0.25) is 10.0 Å². The molecule has 0 saturated heterocycles. The Hall–Kier alpha value is -3.11. The molecule has 1 fully saturated rings. The van der Waals surface area contributed by atoms with E-state index in [4.69, 9.17) is 9.25 Å². The molecule has 0 unspecified atom stereocenters. The van der Waals surface area contributed by atoms with Crippen LogP contribution in [0.15, 0.2) is 46.0 Å². The van der Waals surface area contributed by atoms with Crippen LogP contribution in [-0.4, -0.2) is 64.7 Å². The molecule has 1 aromatic heterocycles. The highest BCUT2D eigenvalue weighted by Gasteiger charge is 2.33. The van der Waals surface area contributed by atoms with Crippen LogP contribution in [0.1, 0.15) is 43.7 Å². The molecule has 2 aromatic carbocycles. The first-order valence-corrected chi connectivity index (χ1v) is 14.7. The largest absolute Gasteiger partial charge is 0.455 e. The number of oxime groups is 1. The van der Waals surface area contributed by atoms with E-state index in [9.17, 15) is 12.8 Å². The highest BCUT2D eigenvalue weighted by Crippen LogP contribution is 2.48. The molecule has 0 radical (unpaired) electrons. The van der Waals surface area contributed by atoms with E-state index >= 15 is 0 Å². The summed E-state index contributed by atoms with van der Waals surface area (Å²) >= 11 is 0. The molecule has 1 aliphatic carbocycles. The summed E-state index contributed by atoms with van der Waals surface area (Å²) in [6.07, 6.45) is 3.27. The number of hydrogen-bond acceptors (Lipinski definition) is 7. The highest BCUT2D eigenvalue weighted by molar-refractivity contribution is 7.92. The number of amidine groups is 1. The summed E-state index contributed by atoms with van der Waals surface area (Å²) in [4.78, 5) is 7.58. The molecule has 0 amide bonds. The maximum Gasteiger partial charge on any atom is 0.232 e. The molecule has 0 atom stereocenters. The zero-order chi connectivity index (χ0) is 26.2. The van der Waals surface area contributed by atoms with Gasteiger partial charge in [0.1, 0.15) is 23.8 Å². The smallest absolute Gasteiger partial charge is 0.232 e. The second-order valence-electron chi connectivity index (χ2n) is 9.56. The summed E-state index contributed by atoms with van der Waals surface area (Å²) in [6, 6.07) is 9.99. The molecule has 37 heavy (non-hydrogen) atoms. The van der Waals surface area contributed by atoms with E-state index in [-0.39, 0.29) is 11.7 Å². The predicted molar refractivity (Wildman–Crippen MR) is 144 cm³/mol. The molecule has 2 heterocycles. The number of sulfonamides is 1. The van der Waals surface area contributed by atoms with Crippen molar-refractivity contribution in [3.8, 4) is 11.3 Å². The number of rotatable bonds is 10. The van der Waals surface area contributed by atoms with Gasteiger partial charge in [-0.1, -0.05) is 19.0 Å². The first-order valence-electron chi connectivity index (χ1n) is 12.8. The van der Waals surface area contributed by atoms with Crippen LogP contribution in [0.4, 0.5) is 10.1 Å². The van der Waals surface area contributed by atoms with Crippen molar-refractivity contribution >= 4 is 32.5 Å². The Morgan fingerprint density at radius 1 is 1.11 bits per heavy atom. The second-order valence-corrected chi connectivity index (χ2v) is 11.5. The number of benzene rings is 2. The van der Waals surface area contributed by atoms with Crippen LogP contribution in [0.2, 0.25) is 0 Å². The standard InChI is InChI=1S/C27H33FN4O4S/c1-4-31(5-2)13-14-32(37(3,33)34)23-17-24-22(16-21(23)18-6-7-18)25(27-29-12-15-35-30-27)26(36-24)19-8-10-20(28)11-9-19/h8-11,16-18H,4-7,12-15H2,1-3H3,(H,29,30). The third-order valence-corrected chi connectivity index (χ3v) is 8.20. The molecule has 0 bridgehead atoms. The van der Waals surface area contributed by atoms with Gasteiger partial charge in [-0.2, -0.15) is 0 Å². The van der Waals surface area contributed by atoms with E-state index in [1.54, 1.807) is 12.1 Å². The van der Waals surface area contributed by atoms with Gasteiger partial charge in [-0.15, -0.1) is 0 Å². The summed E-state index contributed by atoms with van der Waals surface area (Å²) in [5.41, 5.74) is 3.61. The second kappa shape index (κ2) is 10.3. The maximum atomic E-state index is 13.7. The molecular formula is C27H33FN4O4S. The highest BCUT2D eigenvalue weighted by atomic mass is 32.2. The molecule has 5 rings (SSSR count). The minimum atomic E-state index is -3.54. The van der Waals surface area contributed by atoms with Crippen molar-refractivity contribution < 1.29 is 22.1 Å². The van der Waals surface area contributed by atoms with Gasteiger partial charge in [0.15, 0.2) is 5.84 Å². The lowest BCUT2D eigenvalue weighted by molar-refractivity contribution is 0.136. The third-order valence-electron chi connectivity index (χ3n) is 7.02. The number of furan rings is 1. The Morgan fingerprint density at radius 3 is 2.43 bits per heavy atom. The Morgan fingerprint density at radius 2 is 1.84 bits per heavy atom. The summed E-state index contributed by atoms with van der Waals surface area (Å²) in [5, 5.41) is 8.34. The third kappa shape index (κ3) is 5.31. The van der Waals surface area contributed by atoms with Gasteiger partial charge in [-0.25, -0.2) is 12.8 Å². The molecule has 1 aliphatic heterocycles. The lowest BCUT2D eigenvalue weighted by Gasteiger charge is -2.28. The fraction of sp³-hybridized carbons (Fsp3) is 0.444. The average molecular weight is 529 g/mol. The van der Waals surface area contributed by atoms with Gasteiger partial charge in [0, 0.05) is 30.1 Å². The zero-order valence-corrected chi connectivity index (χ0v) is 22.3. The molecule has 8 nitrogen and oxygen atoms in total. The number of likely N-dealkylation sites (N-methyl/N-ethyl adjacent to an activating group) is 1. The molecule has 1 saturated carbocycles. The number of nitrogens with one attached hydrogen (secondary N) is 1. The van der Waals surface area contributed by atoms with Crippen LogP contribution in [0.3, 0.4) is 0 Å². The maximum absolute atomic E-state index is 13.7. The van der Waals surface area contributed by atoms with Crippen molar-refractivity contribution in [2.45, 2.75) is 32.6 Å². The summed E-state index contributed by atoms with van der Waals surface area (Å²) in [7, 11) is -3.54. The first-order chi connectivity index (χ1) is 17.8. The van der Waals surface area contributed by atoms with Crippen LogP contribution in [0.5, 0.6) is 0 Å². The number of halogens is 1. The van der Waals surface area contributed by atoms with E-state index in [0.29, 0.717) is 54.7 Å². The van der Waals surface area contributed by atoms with Crippen LogP contribution in [0, 0.1) is 5.82 Å². The van der Waals surface area contributed by atoms with Crippen LogP contribution >= 0.6 is 0 Å². The van der Waals surface area contributed by atoms with Crippen molar-refractivity contribution in [3.63, 3.8) is 0 Å². The normalized spacial score (nSPS) is 16.0. The number of nitrogens with zero attached hydrogens (tertiary/aromatic N) is 3. The SMILES string of the molecule is CCN(CC)CCN(c1cc2oc(-c3ccc(F)cc3)c(C3=NOCCN3)c2cc1C1CC1)S(C)(=O)=O. The van der Waals surface area contributed by atoms with Gasteiger partial charge in [0.25, 0.3) is 0 Å². The average Bonchev–Trinajstić information content (AvgIpc) is 3.67. The Balaban J connectivity index is 1.69. The van der Waals surface area contributed by atoms with Gasteiger partial charge in [-0.05, 0) is 67.7 Å². The van der Waals surface area contributed by atoms with Crippen molar-refractivity contribution in [3.05, 3.63) is 53.3 Å². The number of hydrogen-bond donors (Lipinski definition) is 1. The van der Waals surface area contributed by atoms with E-state index in [2.05, 4.69) is 29.2 Å². The predicted octanol–water partition coefficient (Wildman–Crippen LogP) is 4.51. The number of fused-ring (bicyclic) bond motifs is 1. The number of anilines is 1. The van der Waals surface area contributed by atoms with Crippen LogP contribution in [-0.2, 0) is 14.9 Å². The fourth-order valence-corrected chi connectivity index (χ4v) is 5.78. The van der Waals surface area contributed by atoms with Gasteiger partial charge >= 0.3 is 0 Å². The van der Waals surface area contributed by atoms with E-state index in [1.807, 2.05) is 12.1 Å². The van der Waals surface area contributed by atoms with Crippen molar-refractivity contribution in [2.75, 3.05) is 49.9 Å². The van der Waals surface area contributed by atoms with Crippen molar-refractivity contribution in [1.29, 1.82) is 0 Å². The Bertz CT molecular complexity index is 1410. The lowest BCUT2D eigenvalue weighted by atomic mass is 10.00. The van der Waals surface area contributed by atoms with Crippen LogP contribution < -0.4 is 9.62 Å². The van der Waals surface area contributed by atoms with Gasteiger partial charge in [-0.3, -0.25) is 4.31 Å². The molecular weight excluding hydrogens is 495 g/mol. The summed E-state index contributed by atoms with van der Waals surface area (Å²) < 4.78 is 47.6. The van der Waals surface area contributed by atoms with E-state index in [0.717, 1.165) is 42.4 Å². The zero-order valence-electron chi connectivity index (χ0n) is 21.5. The van der Waals surface area contributed by atoms with Gasteiger partial charge < -0.3 is 19.5 Å². The lowest BCUT2D eigenvalue weighted by Crippen LogP contribution is -2.38. The van der Waals surface area contributed by atoms with Crippen LogP contribution in [0.25, 0.3) is 22.3 Å². The van der Waals surface area contributed by atoms with E-state index in [1.165, 1.54) is 22.7 Å². The van der Waals surface area contributed by atoms with Crippen molar-refractivity contribution in [2.24, 2.45) is 5.16 Å². The molecule has 198 valence electrons. The minimum Gasteiger partial charge on any atom is -0.455 e. The molecule has 1 N–H and O–H groups in total. The van der Waals surface area contributed by atoms with Crippen molar-refractivity contribution in [1.82, 2.24) is 10.2 Å². The van der Waals surface area contributed by atoms with Gasteiger partial charge in [0.05, 0.1) is 24.1 Å². The Kier molecular flexibility index (Phi) is 7.13. The fourth-order valence-electron chi connectivity index (χ4n) is 4.85. The molecule has 2 aliphatic rings. The summed E-state index contributed by atoms with van der Waals surface area (Å²) in [5.74, 6) is 1.01. The topological polar surface area (TPSA) is 87.4 Å². The monoisotopic (exact) mass is 528 g/mol. The first kappa shape index (κ1) is 25.5. The molecule has 10 heteroatoms. The Labute approximate surface area is 217 Å². The summed E-state index contributed by atoms with van der Waals surface area (Å²) in [6.45, 7) is 7.88. The molecule has 3 aromatic rings. The quantitative estimate of drug-likeness (QED) is 0.417. The van der Waals surface area contributed by atoms with E-state index < -0.39 is 10.0 Å². The minimum absolute atomic E-state index is 0.284. The molecule has 0 spiro atoms.